The summed E-state index contributed by atoms with van der Waals surface area (Å²) in [6.07, 6.45) is 1.63. The Kier molecular flexibility index (Phi) is 6.03. The van der Waals surface area contributed by atoms with Gasteiger partial charge in [0.1, 0.15) is 11.4 Å². The monoisotopic (exact) mass is 264 g/mol. The predicted octanol–water partition coefficient (Wildman–Crippen LogP) is 3.86. The molecule has 0 aromatic heterocycles. The Hall–Kier alpha value is -1.35. The molecule has 0 saturated heterocycles. The van der Waals surface area contributed by atoms with Crippen LogP contribution in [0.3, 0.4) is 0 Å². The maximum Gasteiger partial charge on any atom is 0.194 e. The van der Waals surface area contributed by atoms with Gasteiger partial charge in [0.05, 0.1) is 6.61 Å². The van der Waals surface area contributed by atoms with Gasteiger partial charge in [-0.05, 0) is 51.0 Å². The lowest BCUT2D eigenvalue weighted by atomic mass is 9.92. The molecule has 0 aliphatic rings. The minimum atomic E-state index is -0.736. The highest BCUT2D eigenvalue weighted by Gasteiger charge is 2.32. The molecular weight excluding hydrogens is 240 g/mol. The van der Waals surface area contributed by atoms with Crippen LogP contribution in [0.5, 0.6) is 5.75 Å². The molecule has 0 saturated carbocycles. The molecule has 1 aromatic carbocycles. The van der Waals surface area contributed by atoms with Crippen LogP contribution in [-0.2, 0) is 4.74 Å². The van der Waals surface area contributed by atoms with Crippen LogP contribution >= 0.6 is 0 Å². The molecule has 1 unspecified atom stereocenters. The third-order valence-electron chi connectivity index (χ3n) is 3.21. The molecule has 0 spiro atoms. The summed E-state index contributed by atoms with van der Waals surface area (Å²) < 4.78 is 11.1. The molecule has 0 heterocycles. The number of ether oxygens (including phenoxy) is 2. The zero-order valence-corrected chi connectivity index (χ0v) is 12.4. The summed E-state index contributed by atoms with van der Waals surface area (Å²) in [5, 5.41) is 0. The van der Waals surface area contributed by atoms with Gasteiger partial charge in [0, 0.05) is 12.2 Å². The molecule has 0 amide bonds. The van der Waals surface area contributed by atoms with Crippen molar-refractivity contribution in [2.24, 2.45) is 0 Å². The van der Waals surface area contributed by atoms with Gasteiger partial charge in [0.15, 0.2) is 5.78 Å². The molecule has 0 fully saturated rings. The number of ketones is 1. The SMILES string of the molecule is CCCOc1ccc(C(=O)C(C)(CC)OCC)cc1. The van der Waals surface area contributed by atoms with Crippen LogP contribution in [0.2, 0.25) is 0 Å². The number of hydrogen-bond acceptors (Lipinski definition) is 3. The third kappa shape index (κ3) is 4.06. The minimum Gasteiger partial charge on any atom is -0.494 e. The molecule has 0 bridgehead atoms. The molecule has 1 rings (SSSR count). The van der Waals surface area contributed by atoms with Crippen LogP contribution in [0.25, 0.3) is 0 Å². The second kappa shape index (κ2) is 7.29. The maximum atomic E-state index is 12.4. The summed E-state index contributed by atoms with van der Waals surface area (Å²) >= 11 is 0. The van der Waals surface area contributed by atoms with Crippen molar-refractivity contribution in [2.45, 2.75) is 46.1 Å². The Morgan fingerprint density at radius 3 is 2.26 bits per heavy atom. The van der Waals surface area contributed by atoms with Crippen LogP contribution < -0.4 is 4.74 Å². The Morgan fingerprint density at radius 2 is 1.79 bits per heavy atom. The Balaban J connectivity index is 2.82. The molecule has 1 aromatic rings. The number of benzene rings is 1. The molecule has 106 valence electrons. The molecule has 3 nitrogen and oxygen atoms in total. The van der Waals surface area contributed by atoms with Crippen molar-refractivity contribution in [3.8, 4) is 5.75 Å². The van der Waals surface area contributed by atoms with Crippen LogP contribution in [0, 0.1) is 0 Å². The molecule has 0 radical (unpaired) electrons. The molecule has 0 aliphatic heterocycles. The normalized spacial score (nSPS) is 13.9. The first-order valence-electron chi connectivity index (χ1n) is 6.99. The van der Waals surface area contributed by atoms with Crippen LogP contribution in [-0.4, -0.2) is 24.6 Å². The molecule has 19 heavy (non-hydrogen) atoms. The first kappa shape index (κ1) is 15.7. The van der Waals surface area contributed by atoms with Crippen molar-refractivity contribution in [3.63, 3.8) is 0 Å². The van der Waals surface area contributed by atoms with Crippen LogP contribution in [0.15, 0.2) is 24.3 Å². The first-order chi connectivity index (χ1) is 9.07. The van der Waals surface area contributed by atoms with Gasteiger partial charge in [-0.1, -0.05) is 13.8 Å². The van der Waals surface area contributed by atoms with E-state index < -0.39 is 5.60 Å². The van der Waals surface area contributed by atoms with E-state index in [4.69, 9.17) is 9.47 Å². The Labute approximate surface area is 115 Å². The van der Waals surface area contributed by atoms with Crippen molar-refractivity contribution in [1.29, 1.82) is 0 Å². The average molecular weight is 264 g/mol. The van der Waals surface area contributed by atoms with Gasteiger partial charge in [0.25, 0.3) is 0 Å². The molecular formula is C16H24O3. The fourth-order valence-electron chi connectivity index (χ4n) is 1.87. The van der Waals surface area contributed by atoms with E-state index in [0.717, 1.165) is 12.2 Å². The van der Waals surface area contributed by atoms with Gasteiger partial charge in [0.2, 0.25) is 0 Å². The van der Waals surface area contributed by atoms with E-state index in [-0.39, 0.29) is 5.78 Å². The zero-order chi connectivity index (χ0) is 14.3. The van der Waals surface area contributed by atoms with Crippen molar-refractivity contribution < 1.29 is 14.3 Å². The molecule has 0 aliphatic carbocycles. The van der Waals surface area contributed by atoms with Crippen LogP contribution in [0.4, 0.5) is 0 Å². The predicted molar refractivity (Wildman–Crippen MR) is 76.9 cm³/mol. The largest absolute Gasteiger partial charge is 0.494 e. The van der Waals surface area contributed by atoms with Crippen molar-refractivity contribution >= 4 is 5.78 Å². The van der Waals surface area contributed by atoms with Crippen molar-refractivity contribution in [2.75, 3.05) is 13.2 Å². The van der Waals surface area contributed by atoms with E-state index in [1.807, 2.05) is 32.9 Å². The quantitative estimate of drug-likeness (QED) is 0.669. The van der Waals surface area contributed by atoms with E-state index in [1.165, 1.54) is 0 Å². The number of rotatable bonds is 8. The lowest BCUT2D eigenvalue weighted by Gasteiger charge is -2.26. The second-order valence-electron chi connectivity index (χ2n) is 4.72. The summed E-state index contributed by atoms with van der Waals surface area (Å²) in [6.45, 7) is 9.01. The standard InChI is InChI=1S/C16H24O3/c1-5-12-18-14-10-8-13(9-11-14)15(17)16(4,6-2)19-7-3/h8-11H,5-7,12H2,1-4H3. The number of carbonyl (C=O) groups excluding carboxylic acids is 1. The summed E-state index contributed by atoms with van der Waals surface area (Å²) in [5.74, 6) is 0.826. The lowest BCUT2D eigenvalue weighted by molar-refractivity contribution is -0.0116. The van der Waals surface area contributed by atoms with Gasteiger partial charge in [-0.25, -0.2) is 0 Å². The highest BCUT2D eigenvalue weighted by molar-refractivity contribution is 6.02. The van der Waals surface area contributed by atoms with Crippen LogP contribution in [0.1, 0.15) is 50.9 Å². The van der Waals surface area contributed by atoms with E-state index >= 15 is 0 Å². The average Bonchev–Trinajstić information content (AvgIpc) is 2.45. The Morgan fingerprint density at radius 1 is 1.16 bits per heavy atom. The van der Waals surface area contributed by atoms with Gasteiger partial charge < -0.3 is 9.47 Å². The number of hydrogen-bond donors (Lipinski definition) is 0. The van der Waals surface area contributed by atoms with Gasteiger partial charge in [-0.3, -0.25) is 4.79 Å². The zero-order valence-electron chi connectivity index (χ0n) is 12.4. The first-order valence-corrected chi connectivity index (χ1v) is 6.99. The smallest absolute Gasteiger partial charge is 0.194 e. The summed E-state index contributed by atoms with van der Waals surface area (Å²) in [4.78, 5) is 12.4. The highest BCUT2D eigenvalue weighted by atomic mass is 16.5. The topological polar surface area (TPSA) is 35.5 Å². The maximum absolute atomic E-state index is 12.4. The summed E-state index contributed by atoms with van der Waals surface area (Å²) in [7, 11) is 0. The highest BCUT2D eigenvalue weighted by Crippen LogP contribution is 2.23. The van der Waals surface area contributed by atoms with E-state index in [0.29, 0.717) is 25.2 Å². The van der Waals surface area contributed by atoms with E-state index in [2.05, 4.69) is 6.92 Å². The Bertz CT molecular complexity index is 397. The lowest BCUT2D eigenvalue weighted by Crippen LogP contribution is -2.37. The van der Waals surface area contributed by atoms with Gasteiger partial charge in [-0.15, -0.1) is 0 Å². The molecule has 1 atom stereocenters. The fourth-order valence-corrected chi connectivity index (χ4v) is 1.87. The van der Waals surface area contributed by atoms with Gasteiger partial charge >= 0.3 is 0 Å². The minimum absolute atomic E-state index is 0.0268. The van der Waals surface area contributed by atoms with Crippen molar-refractivity contribution in [1.82, 2.24) is 0 Å². The molecule has 3 heteroatoms. The second-order valence-corrected chi connectivity index (χ2v) is 4.72. The fraction of sp³-hybridized carbons (Fsp3) is 0.562. The van der Waals surface area contributed by atoms with E-state index in [9.17, 15) is 4.79 Å². The van der Waals surface area contributed by atoms with Crippen molar-refractivity contribution in [3.05, 3.63) is 29.8 Å². The third-order valence-corrected chi connectivity index (χ3v) is 3.21. The number of carbonyl (C=O) groups is 1. The van der Waals surface area contributed by atoms with E-state index in [1.54, 1.807) is 12.1 Å². The summed E-state index contributed by atoms with van der Waals surface area (Å²) in [6, 6.07) is 7.29. The van der Waals surface area contributed by atoms with Gasteiger partial charge in [-0.2, -0.15) is 0 Å². The number of Topliss-reactive ketones (excluding diaryl/α,β-unsaturated/α-hetero) is 1. The molecule has 0 N–H and O–H groups in total. The summed E-state index contributed by atoms with van der Waals surface area (Å²) in [5.41, 5.74) is -0.0674.